The Kier molecular flexibility index (Phi) is 5.61. The normalized spacial score (nSPS) is 47.8. The van der Waals surface area contributed by atoms with Crippen molar-refractivity contribution in [2.45, 2.75) is 99.8 Å². The summed E-state index contributed by atoms with van der Waals surface area (Å²) in [5.41, 5.74) is -1.63. The minimum atomic E-state index is -0.628. The van der Waals surface area contributed by atoms with Crippen LogP contribution in [0.25, 0.3) is 0 Å². The van der Waals surface area contributed by atoms with E-state index in [1.807, 2.05) is 19.9 Å². The summed E-state index contributed by atoms with van der Waals surface area (Å²) in [6.07, 6.45) is 8.52. The molecule has 0 aliphatic heterocycles. The average Bonchev–Trinajstić information content (AvgIpc) is 2.82. The number of Topliss-reactive ketones (excluding diaryl/α,β-unsaturated/α-hetero) is 2. The number of hydrogen-bond donors (Lipinski definition) is 0. The number of ether oxygens (including phenoxy) is 1. The topological polar surface area (TPSA) is 84.2 Å². The molecule has 0 radical (unpaired) electrons. The molecule has 8 atom stereocenters. The summed E-state index contributed by atoms with van der Waals surface area (Å²) < 4.78 is 5.42. The van der Waals surface area contributed by atoms with Crippen molar-refractivity contribution in [2.75, 3.05) is 7.11 Å². The highest BCUT2D eigenvalue weighted by molar-refractivity contribution is 6.04. The fourth-order valence-electron chi connectivity index (χ4n) is 10.9. The molecule has 5 heteroatoms. The molecule has 5 nitrogen and oxygen atoms in total. The Morgan fingerprint density at radius 1 is 0.946 bits per heavy atom. The number of hydrogen-bond acceptors (Lipinski definition) is 5. The molecule has 4 fully saturated rings. The van der Waals surface area contributed by atoms with Crippen LogP contribution in [0, 0.1) is 67.5 Å². The zero-order valence-electron chi connectivity index (χ0n) is 24.1. The van der Waals surface area contributed by atoms with E-state index in [0.29, 0.717) is 6.42 Å². The van der Waals surface area contributed by atoms with Crippen LogP contribution in [0.1, 0.15) is 99.8 Å². The Labute approximate surface area is 222 Å². The first-order valence-electron chi connectivity index (χ1n) is 14.3. The molecule has 8 unspecified atom stereocenters. The lowest BCUT2D eigenvalue weighted by Crippen LogP contribution is -2.69. The Bertz CT molecular complexity index is 1140. The van der Waals surface area contributed by atoms with Gasteiger partial charge in [-0.05, 0) is 84.4 Å². The van der Waals surface area contributed by atoms with Crippen LogP contribution in [-0.4, -0.2) is 24.6 Å². The zero-order chi connectivity index (χ0) is 27.4. The van der Waals surface area contributed by atoms with Crippen molar-refractivity contribution in [3.63, 3.8) is 0 Å². The third-order valence-electron chi connectivity index (χ3n) is 13.1. The SMILES string of the molecule is COC(=O)C12CCC(C)(C)CC1C1C(=O)CC3C4(C)C=C(C#N)C(=O)C(C)(C)C4CCC3(C)C1(C)CC2. The van der Waals surface area contributed by atoms with Crippen LogP contribution in [-0.2, 0) is 19.1 Å². The molecule has 0 amide bonds. The number of esters is 1. The average molecular weight is 508 g/mol. The van der Waals surface area contributed by atoms with Crippen molar-refractivity contribution < 1.29 is 19.1 Å². The van der Waals surface area contributed by atoms with Crippen LogP contribution in [0.3, 0.4) is 0 Å². The van der Waals surface area contributed by atoms with E-state index in [1.165, 1.54) is 7.11 Å². The molecule has 5 aliphatic carbocycles. The van der Waals surface area contributed by atoms with E-state index in [9.17, 15) is 19.6 Å². The summed E-state index contributed by atoms with van der Waals surface area (Å²) in [5, 5.41) is 9.88. The summed E-state index contributed by atoms with van der Waals surface area (Å²) in [4.78, 5) is 41.0. The Morgan fingerprint density at radius 3 is 2.22 bits per heavy atom. The molecule has 37 heavy (non-hydrogen) atoms. The molecule has 202 valence electrons. The lowest BCUT2D eigenvalue weighted by molar-refractivity contribution is -0.226. The standard InChI is InChI=1S/C32H45NO4/c1-27(2)11-13-32(26(36)37-8)14-12-31(7)24(20(32)17-27)21(34)15-23-29(5)16-19(18-33)25(35)28(3,4)22(29)9-10-30(23,31)6/h16,20,22-24H,9-15,17H2,1-8H3. The fourth-order valence-corrected chi connectivity index (χ4v) is 10.9. The third-order valence-corrected chi connectivity index (χ3v) is 13.1. The van der Waals surface area contributed by atoms with Gasteiger partial charge >= 0.3 is 5.97 Å². The van der Waals surface area contributed by atoms with Gasteiger partial charge in [0.15, 0.2) is 5.78 Å². The molecule has 0 spiro atoms. The highest BCUT2D eigenvalue weighted by atomic mass is 16.5. The summed E-state index contributed by atoms with van der Waals surface area (Å²) >= 11 is 0. The fraction of sp³-hybridized carbons (Fsp3) is 0.812. The van der Waals surface area contributed by atoms with Gasteiger partial charge in [-0.25, -0.2) is 0 Å². The summed E-state index contributed by atoms with van der Waals surface area (Å²) in [6, 6.07) is 2.20. The van der Waals surface area contributed by atoms with Crippen molar-refractivity contribution in [1.82, 2.24) is 0 Å². The van der Waals surface area contributed by atoms with Crippen molar-refractivity contribution in [3.8, 4) is 6.07 Å². The van der Waals surface area contributed by atoms with Crippen molar-refractivity contribution in [3.05, 3.63) is 11.6 Å². The molecule has 0 aromatic carbocycles. The van der Waals surface area contributed by atoms with Gasteiger partial charge in [0.2, 0.25) is 0 Å². The Hall–Kier alpha value is -1.96. The van der Waals surface area contributed by atoms with Gasteiger partial charge in [0, 0.05) is 17.8 Å². The minimum absolute atomic E-state index is 0.00663. The van der Waals surface area contributed by atoms with Gasteiger partial charge in [-0.3, -0.25) is 14.4 Å². The number of carbonyl (C=O) groups is 3. The summed E-state index contributed by atoms with van der Waals surface area (Å²) in [7, 11) is 1.50. The number of rotatable bonds is 1. The molecule has 0 N–H and O–H groups in total. The summed E-state index contributed by atoms with van der Waals surface area (Å²) in [5.74, 6) is 0.0839. The van der Waals surface area contributed by atoms with Crippen molar-refractivity contribution >= 4 is 17.5 Å². The van der Waals surface area contributed by atoms with Crippen LogP contribution in [0.15, 0.2) is 11.6 Å². The second kappa shape index (κ2) is 7.80. The monoisotopic (exact) mass is 507 g/mol. The van der Waals surface area contributed by atoms with Crippen molar-refractivity contribution in [2.24, 2.45) is 56.2 Å². The van der Waals surface area contributed by atoms with Crippen LogP contribution in [0.5, 0.6) is 0 Å². The van der Waals surface area contributed by atoms with Gasteiger partial charge in [-0.15, -0.1) is 0 Å². The first-order valence-corrected chi connectivity index (χ1v) is 14.3. The lowest BCUT2D eigenvalue weighted by atomic mass is 9.31. The van der Waals surface area contributed by atoms with Gasteiger partial charge in [0.05, 0.1) is 18.1 Å². The number of nitrogens with zero attached hydrogens (tertiary/aromatic N) is 1. The maximum absolute atomic E-state index is 14.4. The first kappa shape index (κ1) is 26.6. The highest BCUT2D eigenvalue weighted by Gasteiger charge is 2.73. The second-order valence-electron chi connectivity index (χ2n) is 15.3. The van der Waals surface area contributed by atoms with E-state index in [1.54, 1.807) is 0 Å². The Morgan fingerprint density at radius 2 is 1.59 bits per heavy atom. The smallest absolute Gasteiger partial charge is 0.312 e. The van der Waals surface area contributed by atoms with E-state index in [2.05, 4.69) is 40.7 Å². The minimum Gasteiger partial charge on any atom is -0.469 e. The maximum atomic E-state index is 14.4. The van der Waals surface area contributed by atoms with Crippen LogP contribution in [0.4, 0.5) is 0 Å². The van der Waals surface area contributed by atoms with Gasteiger partial charge in [-0.2, -0.15) is 5.26 Å². The van der Waals surface area contributed by atoms with Crippen LogP contribution >= 0.6 is 0 Å². The number of carbonyl (C=O) groups excluding carboxylic acids is 3. The van der Waals surface area contributed by atoms with Crippen molar-refractivity contribution in [1.29, 1.82) is 5.26 Å². The maximum Gasteiger partial charge on any atom is 0.312 e. The van der Waals surface area contributed by atoms with E-state index < -0.39 is 16.2 Å². The first-order chi connectivity index (χ1) is 17.0. The zero-order valence-corrected chi connectivity index (χ0v) is 24.1. The van der Waals surface area contributed by atoms with E-state index >= 15 is 0 Å². The number of nitriles is 1. The van der Waals surface area contributed by atoms with Gasteiger partial charge in [-0.1, -0.05) is 54.5 Å². The predicted molar refractivity (Wildman–Crippen MR) is 141 cm³/mol. The Balaban J connectivity index is 1.65. The largest absolute Gasteiger partial charge is 0.469 e. The van der Waals surface area contributed by atoms with Gasteiger partial charge in [0.25, 0.3) is 0 Å². The number of ketones is 2. The molecular formula is C32H45NO4. The lowest BCUT2D eigenvalue weighted by Gasteiger charge is -2.71. The molecule has 0 aromatic rings. The molecule has 5 aliphatic rings. The van der Waals surface area contributed by atoms with Gasteiger partial charge < -0.3 is 4.74 Å². The predicted octanol–water partition coefficient (Wildman–Crippen LogP) is 6.46. The van der Waals surface area contributed by atoms with E-state index in [-0.39, 0.29) is 63.0 Å². The van der Waals surface area contributed by atoms with Gasteiger partial charge in [0.1, 0.15) is 11.9 Å². The molecule has 0 saturated heterocycles. The molecule has 5 rings (SSSR count). The van der Waals surface area contributed by atoms with Crippen LogP contribution in [0.2, 0.25) is 0 Å². The quantitative estimate of drug-likeness (QED) is 0.380. The van der Waals surface area contributed by atoms with E-state index in [0.717, 1.165) is 44.9 Å². The van der Waals surface area contributed by atoms with E-state index in [4.69, 9.17) is 4.74 Å². The number of allylic oxidation sites excluding steroid dienone is 2. The highest BCUT2D eigenvalue weighted by Crippen LogP contribution is 2.75. The molecule has 4 saturated carbocycles. The molecular weight excluding hydrogens is 462 g/mol. The second-order valence-corrected chi connectivity index (χ2v) is 15.3. The number of methoxy groups -OCH3 is 1. The molecule has 0 heterocycles. The molecule has 0 bridgehead atoms. The van der Waals surface area contributed by atoms with Crippen LogP contribution < -0.4 is 0 Å². The summed E-state index contributed by atoms with van der Waals surface area (Å²) in [6.45, 7) is 15.5. The molecule has 0 aromatic heterocycles. The number of fused-ring (bicyclic) bond motifs is 7. The third kappa shape index (κ3) is 3.17.